The first-order chi connectivity index (χ1) is 23.9. The fourth-order valence-corrected chi connectivity index (χ4v) is 5.77. The topological polar surface area (TPSA) is 161 Å². The van der Waals surface area contributed by atoms with Crippen LogP contribution in [0.4, 0.5) is 9.59 Å². The van der Waals surface area contributed by atoms with Crippen LogP contribution in [0, 0.1) is 5.92 Å². The van der Waals surface area contributed by atoms with Crippen molar-refractivity contribution in [2.75, 3.05) is 19.7 Å². The van der Waals surface area contributed by atoms with Crippen LogP contribution < -0.4 is 21.3 Å². The summed E-state index contributed by atoms with van der Waals surface area (Å²) in [7, 11) is 0. The number of carbonyl (C=O) groups is 5. The molecule has 0 unspecified atom stereocenters. The van der Waals surface area contributed by atoms with E-state index in [-0.39, 0.29) is 43.8 Å². The third-order valence-electron chi connectivity index (χ3n) is 8.06. The summed E-state index contributed by atoms with van der Waals surface area (Å²) < 4.78 is 16.3. The van der Waals surface area contributed by atoms with E-state index in [1.54, 1.807) is 55.4 Å². The number of ether oxygens (including phenoxy) is 3. The monoisotopic (exact) mass is 708 g/mol. The number of hydrogen-bond donors (Lipinski definition) is 4. The summed E-state index contributed by atoms with van der Waals surface area (Å²) in [6.07, 6.45) is 0.525. The molecule has 1 aliphatic carbocycles. The minimum Gasteiger partial charge on any atom is -0.460 e. The van der Waals surface area contributed by atoms with Crippen molar-refractivity contribution in [3.05, 3.63) is 59.7 Å². The minimum absolute atomic E-state index is 0.0952. The highest BCUT2D eigenvalue weighted by atomic mass is 16.6. The Balaban J connectivity index is 1.59. The average molecular weight is 709 g/mol. The van der Waals surface area contributed by atoms with Gasteiger partial charge in [-0.25, -0.2) is 9.59 Å². The van der Waals surface area contributed by atoms with E-state index in [1.807, 2.05) is 36.4 Å². The molecular weight excluding hydrogens is 652 g/mol. The number of hydrogen-bond acceptors (Lipinski definition) is 8. The first kappa shape index (κ1) is 40.8. The molecule has 0 heterocycles. The minimum atomic E-state index is -0.975. The van der Waals surface area contributed by atoms with E-state index in [9.17, 15) is 24.0 Å². The lowest BCUT2D eigenvalue weighted by Crippen LogP contribution is -2.55. The molecule has 12 heteroatoms. The number of esters is 1. The third kappa shape index (κ3) is 13.6. The summed E-state index contributed by atoms with van der Waals surface area (Å²) in [5.41, 5.74) is 3.14. The standard InChI is InChI=1S/C39H56N4O8/c1-25(2)33(43-37(48)49-24-30-28-18-11-9-16-26(28)27-17-10-12-19-29(27)30)35(46)42-31(20-13-14-22-41-36(47)51-39(6,7)8)34(45)40-23-15-21-32(44)50-38(3,4)5/h9-12,16-19,25,30-31,33H,13-15,20-24H2,1-8H3,(H,40,45)(H,41,47)(H,42,46)(H,43,48)/t31-,33-/m0/s1. The summed E-state index contributed by atoms with van der Waals surface area (Å²) >= 11 is 0. The highest BCUT2D eigenvalue weighted by molar-refractivity contribution is 5.91. The number of alkyl carbamates (subject to hydrolysis) is 2. The maximum atomic E-state index is 13.6. The number of unbranched alkanes of at least 4 members (excludes halogenated alkanes) is 1. The zero-order valence-electron chi connectivity index (χ0n) is 31.4. The Kier molecular flexibility index (Phi) is 14.9. The third-order valence-corrected chi connectivity index (χ3v) is 8.06. The average Bonchev–Trinajstić information content (AvgIpc) is 3.35. The zero-order chi connectivity index (χ0) is 37.8. The van der Waals surface area contributed by atoms with Crippen LogP contribution in [0.1, 0.15) is 105 Å². The van der Waals surface area contributed by atoms with Gasteiger partial charge in [-0.15, -0.1) is 0 Å². The Morgan fingerprint density at radius 2 is 1.25 bits per heavy atom. The summed E-state index contributed by atoms with van der Waals surface area (Å²) in [5, 5.41) is 11.0. The fourth-order valence-electron chi connectivity index (χ4n) is 5.77. The van der Waals surface area contributed by atoms with Crippen LogP contribution in [0.15, 0.2) is 48.5 Å². The van der Waals surface area contributed by atoms with Gasteiger partial charge in [0.25, 0.3) is 0 Å². The van der Waals surface area contributed by atoms with Crippen LogP contribution in [0.25, 0.3) is 11.1 Å². The predicted molar refractivity (Wildman–Crippen MR) is 195 cm³/mol. The molecule has 0 bridgehead atoms. The van der Waals surface area contributed by atoms with Gasteiger partial charge in [0.15, 0.2) is 0 Å². The highest BCUT2D eigenvalue weighted by Crippen LogP contribution is 2.44. The number of carbonyl (C=O) groups excluding carboxylic acids is 5. The van der Waals surface area contributed by atoms with Gasteiger partial charge < -0.3 is 35.5 Å². The van der Waals surface area contributed by atoms with Gasteiger partial charge in [-0.1, -0.05) is 62.4 Å². The van der Waals surface area contributed by atoms with Gasteiger partial charge in [-0.2, -0.15) is 0 Å². The normalized spacial score (nSPS) is 13.7. The number of nitrogens with one attached hydrogen (secondary N) is 4. The molecule has 2 aromatic carbocycles. The lowest BCUT2D eigenvalue weighted by molar-refractivity contribution is -0.155. The lowest BCUT2D eigenvalue weighted by Gasteiger charge is -2.25. The Morgan fingerprint density at radius 1 is 0.686 bits per heavy atom. The van der Waals surface area contributed by atoms with Crippen LogP contribution >= 0.6 is 0 Å². The largest absolute Gasteiger partial charge is 0.460 e. The number of rotatable bonds is 16. The van der Waals surface area contributed by atoms with Crippen LogP contribution in [0.5, 0.6) is 0 Å². The van der Waals surface area contributed by atoms with E-state index in [0.717, 1.165) is 22.3 Å². The number of benzene rings is 2. The van der Waals surface area contributed by atoms with Gasteiger partial charge in [0.2, 0.25) is 11.8 Å². The molecular formula is C39H56N4O8. The van der Waals surface area contributed by atoms with Crippen molar-refractivity contribution in [3.63, 3.8) is 0 Å². The maximum absolute atomic E-state index is 13.6. The van der Waals surface area contributed by atoms with Crippen LogP contribution in [-0.4, -0.2) is 73.0 Å². The number of fused-ring (bicyclic) bond motifs is 3. The molecule has 280 valence electrons. The van der Waals surface area contributed by atoms with Crippen LogP contribution in [0.2, 0.25) is 0 Å². The van der Waals surface area contributed by atoms with Gasteiger partial charge in [-0.05, 0) is 95.4 Å². The fraction of sp³-hybridized carbons (Fsp3) is 0.564. The van der Waals surface area contributed by atoms with E-state index in [4.69, 9.17) is 14.2 Å². The van der Waals surface area contributed by atoms with Crippen molar-refractivity contribution in [3.8, 4) is 11.1 Å². The molecule has 0 saturated heterocycles. The Labute approximate surface area is 302 Å². The smallest absolute Gasteiger partial charge is 0.407 e. The molecule has 2 aromatic rings. The first-order valence-corrected chi connectivity index (χ1v) is 17.8. The summed E-state index contributed by atoms with van der Waals surface area (Å²) in [5.74, 6) is -1.77. The predicted octanol–water partition coefficient (Wildman–Crippen LogP) is 5.97. The second-order valence-electron chi connectivity index (χ2n) is 15.2. The van der Waals surface area contributed by atoms with Gasteiger partial charge in [-0.3, -0.25) is 14.4 Å². The zero-order valence-corrected chi connectivity index (χ0v) is 31.4. The Hall–Kier alpha value is -4.61. The highest BCUT2D eigenvalue weighted by Gasteiger charge is 2.32. The van der Waals surface area contributed by atoms with Crippen molar-refractivity contribution in [1.82, 2.24) is 21.3 Å². The Morgan fingerprint density at radius 3 is 1.82 bits per heavy atom. The molecule has 0 aromatic heterocycles. The van der Waals surface area contributed by atoms with Crippen molar-refractivity contribution >= 4 is 30.0 Å². The molecule has 2 atom stereocenters. The van der Waals surface area contributed by atoms with Crippen LogP contribution in [-0.2, 0) is 28.6 Å². The van der Waals surface area contributed by atoms with Gasteiger partial charge in [0, 0.05) is 25.4 Å². The van der Waals surface area contributed by atoms with Crippen molar-refractivity contribution in [1.29, 1.82) is 0 Å². The molecule has 0 spiro atoms. The van der Waals surface area contributed by atoms with Crippen LogP contribution in [0.3, 0.4) is 0 Å². The van der Waals surface area contributed by atoms with Crippen molar-refractivity contribution in [2.45, 2.75) is 117 Å². The van der Waals surface area contributed by atoms with E-state index in [2.05, 4.69) is 33.4 Å². The Bertz CT molecular complexity index is 1470. The summed E-state index contributed by atoms with van der Waals surface area (Å²) in [4.78, 5) is 64.1. The van der Waals surface area contributed by atoms with E-state index in [1.165, 1.54) is 0 Å². The van der Waals surface area contributed by atoms with E-state index < -0.39 is 47.3 Å². The van der Waals surface area contributed by atoms with Crippen molar-refractivity contribution in [2.24, 2.45) is 5.92 Å². The molecule has 51 heavy (non-hydrogen) atoms. The SMILES string of the molecule is CC(C)[C@H](NC(=O)OCC1c2ccccc2-c2ccccc21)C(=O)N[C@@H](CCCCNC(=O)OC(C)(C)C)C(=O)NCCCC(=O)OC(C)(C)C. The molecule has 4 amide bonds. The second kappa shape index (κ2) is 18.6. The molecule has 4 N–H and O–H groups in total. The quantitative estimate of drug-likeness (QED) is 0.0943. The maximum Gasteiger partial charge on any atom is 0.407 e. The van der Waals surface area contributed by atoms with E-state index >= 15 is 0 Å². The van der Waals surface area contributed by atoms with Gasteiger partial charge in [0.05, 0.1) is 0 Å². The van der Waals surface area contributed by atoms with Crippen molar-refractivity contribution < 1.29 is 38.2 Å². The summed E-state index contributed by atoms with van der Waals surface area (Å²) in [6.45, 7) is 14.9. The first-order valence-electron chi connectivity index (χ1n) is 17.8. The van der Waals surface area contributed by atoms with Gasteiger partial charge >= 0.3 is 18.2 Å². The van der Waals surface area contributed by atoms with E-state index in [0.29, 0.717) is 25.8 Å². The van der Waals surface area contributed by atoms with Gasteiger partial charge in [0.1, 0.15) is 29.9 Å². The molecule has 0 aliphatic heterocycles. The molecule has 12 nitrogen and oxygen atoms in total. The molecule has 0 fully saturated rings. The number of amides is 4. The molecule has 0 radical (unpaired) electrons. The second-order valence-corrected chi connectivity index (χ2v) is 15.2. The molecule has 1 aliphatic rings. The molecule has 3 rings (SSSR count). The lowest BCUT2D eigenvalue weighted by atomic mass is 9.98. The molecule has 0 saturated carbocycles. The summed E-state index contributed by atoms with van der Waals surface area (Å²) in [6, 6.07) is 14.2.